The first-order valence-corrected chi connectivity index (χ1v) is 6.68. The van der Waals surface area contributed by atoms with E-state index in [0.717, 1.165) is 24.8 Å². The Morgan fingerprint density at radius 1 is 1.32 bits per heavy atom. The van der Waals surface area contributed by atoms with Gasteiger partial charge in [0.1, 0.15) is 0 Å². The van der Waals surface area contributed by atoms with Crippen molar-refractivity contribution in [2.24, 2.45) is 0 Å². The van der Waals surface area contributed by atoms with Crippen molar-refractivity contribution < 1.29 is 19.0 Å². The first-order chi connectivity index (χ1) is 9.24. The van der Waals surface area contributed by atoms with Gasteiger partial charge >= 0.3 is 5.97 Å². The molecule has 104 valence electrons. The standard InChI is InChI=1S/C15H20O4/c1-12(16)18-15-9-5-8-14(19-15)11-17-10-13-6-3-2-4-7-13/h2-4,6-7,14-15H,5,8-11H2,1H3/t14-,15?/m0/s1. The molecule has 2 rings (SSSR count). The number of ether oxygens (including phenoxy) is 3. The summed E-state index contributed by atoms with van der Waals surface area (Å²) >= 11 is 0. The smallest absolute Gasteiger partial charge is 0.304 e. The highest BCUT2D eigenvalue weighted by atomic mass is 16.7. The molecule has 1 aromatic rings. The summed E-state index contributed by atoms with van der Waals surface area (Å²) in [5.41, 5.74) is 1.15. The van der Waals surface area contributed by atoms with E-state index < -0.39 is 6.29 Å². The van der Waals surface area contributed by atoms with Crippen LogP contribution in [0.25, 0.3) is 0 Å². The van der Waals surface area contributed by atoms with Crippen molar-refractivity contribution in [1.82, 2.24) is 0 Å². The van der Waals surface area contributed by atoms with Gasteiger partial charge in [0.25, 0.3) is 0 Å². The van der Waals surface area contributed by atoms with Gasteiger partial charge in [-0.25, -0.2) is 0 Å². The Kier molecular flexibility index (Phi) is 5.36. The van der Waals surface area contributed by atoms with E-state index >= 15 is 0 Å². The van der Waals surface area contributed by atoms with Gasteiger partial charge in [-0.15, -0.1) is 0 Å². The van der Waals surface area contributed by atoms with Gasteiger partial charge in [0.15, 0.2) is 0 Å². The average Bonchev–Trinajstić information content (AvgIpc) is 2.40. The lowest BCUT2D eigenvalue weighted by Gasteiger charge is -2.29. The van der Waals surface area contributed by atoms with Crippen molar-refractivity contribution in [3.05, 3.63) is 35.9 Å². The van der Waals surface area contributed by atoms with Gasteiger partial charge in [0.2, 0.25) is 6.29 Å². The lowest BCUT2D eigenvalue weighted by Crippen LogP contribution is -2.33. The lowest BCUT2D eigenvalue weighted by molar-refractivity contribution is -0.207. The van der Waals surface area contributed by atoms with Crippen LogP contribution in [0.1, 0.15) is 31.7 Å². The van der Waals surface area contributed by atoms with Gasteiger partial charge in [0, 0.05) is 13.3 Å². The molecular formula is C15H20O4. The van der Waals surface area contributed by atoms with Gasteiger partial charge in [-0.3, -0.25) is 4.79 Å². The maximum Gasteiger partial charge on any atom is 0.304 e. The molecular weight excluding hydrogens is 244 g/mol. The van der Waals surface area contributed by atoms with Crippen molar-refractivity contribution >= 4 is 5.97 Å². The molecule has 1 aliphatic heterocycles. The minimum Gasteiger partial charge on any atom is -0.436 e. The third-order valence-electron chi connectivity index (χ3n) is 3.02. The van der Waals surface area contributed by atoms with Crippen molar-refractivity contribution in [3.63, 3.8) is 0 Å². The molecule has 1 fully saturated rings. The highest BCUT2D eigenvalue weighted by Gasteiger charge is 2.24. The Morgan fingerprint density at radius 2 is 2.11 bits per heavy atom. The number of carbonyl (C=O) groups excluding carboxylic acids is 1. The Labute approximate surface area is 113 Å². The Hall–Kier alpha value is -1.39. The van der Waals surface area contributed by atoms with Crippen LogP contribution in [0.3, 0.4) is 0 Å². The molecule has 1 aromatic carbocycles. The molecule has 0 N–H and O–H groups in total. The Bertz CT molecular complexity index is 390. The molecule has 2 atom stereocenters. The SMILES string of the molecule is CC(=O)OC1CCC[C@@H](COCc2ccccc2)O1. The predicted octanol–water partition coefficient (Wildman–Crippen LogP) is 2.66. The predicted molar refractivity (Wildman–Crippen MR) is 70.4 cm³/mol. The van der Waals surface area contributed by atoms with Crippen LogP contribution in [0.15, 0.2) is 30.3 Å². The number of rotatable bonds is 5. The first-order valence-electron chi connectivity index (χ1n) is 6.68. The highest BCUT2D eigenvalue weighted by molar-refractivity contribution is 5.66. The van der Waals surface area contributed by atoms with E-state index in [1.165, 1.54) is 6.92 Å². The van der Waals surface area contributed by atoms with Crippen LogP contribution in [0.4, 0.5) is 0 Å². The number of hydrogen-bond donors (Lipinski definition) is 0. The minimum atomic E-state index is -0.406. The van der Waals surface area contributed by atoms with E-state index in [1.54, 1.807) is 0 Å². The molecule has 1 aliphatic rings. The fourth-order valence-corrected chi connectivity index (χ4v) is 2.14. The third-order valence-corrected chi connectivity index (χ3v) is 3.02. The fraction of sp³-hybridized carbons (Fsp3) is 0.533. The molecule has 0 radical (unpaired) electrons. The summed E-state index contributed by atoms with van der Waals surface area (Å²) in [5, 5.41) is 0. The molecule has 4 nitrogen and oxygen atoms in total. The molecule has 0 amide bonds. The second-order valence-corrected chi connectivity index (χ2v) is 4.73. The zero-order valence-electron chi connectivity index (χ0n) is 11.2. The average molecular weight is 264 g/mol. The van der Waals surface area contributed by atoms with E-state index in [2.05, 4.69) is 0 Å². The molecule has 1 heterocycles. The normalized spacial score (nSPS) is 23.0. The van der Waals surface area contributed by atoms with Crippen molar-refractivity contribution in [3.8, 4) is 0 Å². The van der Waals surface area contributed by atoms with Crippen LogP contribution < -0.4 is 0 Å². The molecule has 0 spiro atoms. The quantitative estimate of drug-likeness (QED) is 0.767. The molecule has 19 heavy (non-hydrogen) atoms. The molecule has 0 saturated carbocycles. The number of esters is 1. The monoisotopic (exact) mass is 264 g/mol. The van der Waals surface area contributed by atoms with Gasteiger partial charge in [-0.05, 0) is 18.4 Å². The van der Waals surface area contributed by atoms with E-state index in [4.69, 9.17) is 14.2 Å². The molecule has 0 aliphatic carbocycles. The van der Waals surface area contributed by atoms with Gasteiger partial charge in [0.05, 0.1) is 19.3 Å². The first kappa shape index (κ1) is 14.0. The second kappa shape index (κ2) is 7.26. The topological polar surface area (TPSA) is 44.8 Å². The van der Waals surface area contributed by atoms with Crippen LogP contribution in [0, 0.1) is 0 Å². The lowest BCUT2D eigenvalue weighted by atomic mass is 10.1. The summed E-state index contributed by atoms with van der Waals surface area (Å²) in [4.78, 5) is 10.9. The largest absolute Gasteiger partial charge is 0.436 e. The number of benzene rings is 1. The molecule has 0 bridgehead atoms. The zero-order valence-corrected chi connectivity index (χ0v) is 11.2. The Morgan fingerprint density at radius 3 is 2.84 bits per heavy atom. The number of carbonyl (C=O) groups is 1. The molecule has 1 unspecified atom stereocenters. The summed E-state index contributed by atoms with van der Waals surface area (Å²) in [7, 11) is 0. The van der Waals surface area contributed by atoms with E-state index in [0.29, 0.717) is 13.2 Å². The van der Waals surface area contributed by atoms with Crippen molar-refractivity contribution in [1.29, 1.82) is 0 Å². The zero-order chi connectivity index (χ0) is 13.5. The Balaban J connectivity index is 1.69. The third kappa shape index (κ3) is 5.01. The van der Waals surface area contributed by atoms with Gasteiger partial charge in [-0.1, -0.05) is 30.3 Å². The number of hydrogen-bond acceptors (Lipinski definition) is 4. The van der Waals surface area contributed by atoms with Crippen LogP contribution in [0.2, 0.25) is 0 Å². The summed E-state index contributed by atoms with van der Waals surface area (Å²) in [5.74, 6) is -0.296. The van der Waals surface area contributed by atoms with Crippen LogP contribution in [0.5, 0.6) is 0 Å². The fourth-order valence-electron chi connectivity index (χ4n) is 2.14. The van der Waals surface area contributed by atoms with Crippen molar-refractivity contribution in [2.75, 3.05) is 6.61 Å². The van der Waals surface area contributed by atoms with E-state index in [9.17, 15) is 4.79 Å². The van der Waals surface area contributed by atoms with Gasteiger partial charge < -0.3 is 14.2 Å². The minimum absolute atomic E-state index is 0.0156. The van der Waals surface area contributed by atoms with E-state index in [1.807, 2.05) is 30.3 Å². The second-order valence-electron chi connectivity index (χ2n) is 4.73. The van der Waals surface area contributed by atoms with Crippen LogP contribution >= 0.6 is 0 Å². The van der Waals surface area contributed by atoms with Gasteiger partial charge in [-0.2, -0.15) is 0 Å². The summed E-state index contributed by atoms with van der Waals surface area (Å²) in [6.45, 7) is 2.52. The summed E-state index contributed by atoms with van der Waals surface area (Å²) in [6.07, 6.45) is 2.33. The van der Waals surface area contributed by atoms with Crippen LogP contribution in [-0.2, 0) is 25.6 Å². The van der Waals surface area contributed by atoms with Crippen molar-refractivity contribution in [2.45, 2.75) is 45.2 Å². The summed E-state index contributed by atoms with van der Waals surface area (Å²) < 4.78 is 16.4. The molecule has 1 saturated heterocycles. The molecule has 4 heteroatoms. The summed E-state index contributed by atoms with van der Waals surface area (Å²) in [6, 6.07) is 10.0. The molecule has 0 aromatic heterocycles. The maximum atomic E-state index is 10.9. The van der Waals surface area contributed by atoms with E-state index in [-0.39, 0.29) is 12.1 Å². The highest BCUT2D eigenvalue weighted by Crippen LogP contribution is 2.20. The van der Waals surface area contributed by atoms with Crippen LogP contribution in [-0.4, -0.2) is 25.0 Å². The maximum absolute atomic E-state index is 10.9.